The van der Waals surface area contributed by atoms with Crippen molar-refractivity contribution in [1.82, 2.24) is 4.72 Å². The third kappa shape index (κ3) is 4.20. The molecule has 0 radical (unpaired) electrons. The Morgan fingerprint density at radius 1 is 1.50 bits per heavy atom. The van der Waals surface area contributed by atoms with E-state index in [1.165, 1.54) is 6.07 Å². The molecule has 8 heteroatoms. The number of rotatable bonds is 6. The van der Waals surface area contributed by atoms with Gasteiger partial charge in [-0.05, 0) is 40.9 Å². The van der Waals surface area contributed by atoms with Crippen molar-refractivity contribution >= 4 is 43.3 Å². The van der Waals surface area contributed by atoms with Crippen LogP contribution in [0.1, 0.15) is 12.8 Å². The first-order chi connectivity index (χ1) is 7.42. The number of sulfonamides is 1. The van der Waals surface area contributed by atoms with Crippen LogP contribution in [0, 0.1) is 0 Å². The Morgan fingerprint density at radius 2 is 2.19 bits per heavy atom. The Kier molecular flexibility index (Phi) is 4.90. The summed E-state index contributed by atoms with van der Waals surface area (Å²) in [6.45, 7) is 0.0891. The maximum absolute atomic E-state index is 11.6. The average Bonchev–Trinajstić information content (AvgIpc) is 2.60. The lowest BCUT2D eigenvalue weighted by molar-refractivity contribution is -0.305. The smallest absolute Gasteiger partial charge is 0.250 e. The van der Waals surface area contributed by atoms with Gasteiger partial charge in [-0.1, -0.05) is 0 Å². The molecule has 0 bridgehead atoms. The van der Waals surface area contributed by atoms with E-state index in [0.29, 0.717) is 0 Å². The molecule has 1 N–H and O–H groups in total. The summed E-state index contributed by atoms with van der Waals surface area (Å²) in [4.78, 5) is 10.1. The molecule has 0 fully saturated rings. The topological polar surface area (TPSA) is 86.3 Å². The third-order valence-electron chi connectivity index (χ3n) is 1.66. The minimum Gasteiger partial charge on any atom is -0.550 e. The fourth-order valence-corrected chi connectivity index (χ4v) is 4.08. The largest absolute Gasteiger partial charge is 0.550 e. The van der Waals surface area contributed by atoms with Gasteiger partial charge in [-0.25, -0.2) is 13.1 Å². The van der Waals surface area contributed by atoms with Crippen LogP contribution in [0.2, 0.25) is 0 Å². The van der Waals surface area contributed by atoms with Gasteiger partial charge in [0.15, 0.2) is 0 Å². The van der Waals surface area contributed by atoms with E-state index >= 15 is 0 Å². The molecule has 0 aliphatic rings. The van der Waals surface area contributed by atoms with Gasteiger partial charge in [0, 0.05) is 12.5 Å². The zero-order valence-corrected chi connectivity index (χ0v) is 11.3. The Balaban J connectivity index is 2.50. The van der Waals surface area contributed by atoms with Gasteiger partial charge in [0.25, 0.3) is 0 Å². The zero-order valence-electron chi connectivity index (χ0n) is 8.10. The van der Waals surface area contributed by atoms with Crippen molar-refractivity contribution in [1.29, 1.82) is 0 Å². The van der Waals surface area contributed by atoms with E-state index in [0.717, 1.165) is 15.1 Å². The molecule has 1 aromatic rings. The van der Waals surface area contributed by atoms with Crippen molar-refractivity contribution in [3.63, 3.8) is 0 Å². The number of carbonyl (C=O) groups excluding carboxylic acids is 1. The van der Waals surface area contributed by atoms with Gasteiger partial charge in [0.1, 0.15) is 4.21 Å². The van der Waals surface area contributed by atoms with Crippen LogP contribution < -0.4 is 9.83 Å². The molecule has 0 saturated heterocycles. The Hall–Kier alpha value is -0.440. The first-order valence-electron chi connectivity index (χ1n) is 4.36. The summed E-state index contributed by atoms with van der Waals surface area (Å²) in [5.74, 6) is -1.18. The monoisotopic (exact) mass is 326 g/mol. The molecule has 16 heavy (non-hydrogen) atoms. The third-order valence-corrected chi connectivity index (χ3v) is 5.24. The number of halogens is 1. The lowest BCUT2D eigenvalue weighted by Gasteiger charge is -2.04. The van der Waals surface area contributed by atoms with E-state index in [1.54, 1.807) is 6.07 Å². The second kappa shape index (κ2) is 5.76. The molecule has 0 amide bonds. The van der Waals surface area contributed by atoms with Crippen molar-refractivity contribution in [3.05, 3.63) is 15.9 Å². The van der Waals surface area contributed by atoms with E-state index in [2.05, 4.69) is 20.7 Å². The molecule has 1 rings (SSSR count). The van der Waals surface area contributed by atoms with E-state index in [9.17, 15) is 18.3 Å². The molecular weight excluding hydrogens is 318 g/mol. The normalized spacial score (nSPS) is 11.6. The van der Waals surface area contributed by atoms with Crippen molar-refractivity contribution in [2.45, 2.75) is 17.1 Å². The number of carboxylic acid groups (broad SMARTS) is 1. The predicted octanol–water partition coefficient (Wildman–Crippen LogP) is 0.319. The lowest BCUT2D eigenvalue weighted by Crippen LogP contribution is -2.27. The summed E-state index contributed by atoms with van der Waals surface area (Å²) >= 11 is 4.26. The molecule has 90 valence electrons. The number of carbonyl (C=O) groups is 1. The second-order valence-electron chi connectivity index (χ2n) is 2.93. The molecule has 0 spiro atoms. The van der Waals surface area contributed by atoms with Gasteiger partial charge >= 0.3 is 0 Å². The lowest BCUT2D eigenvalue weighted by atomic mass is 10.3. The van der Waals surface area contributed by atoms with Crippen LogP contribution in [-0.4, -0.2) is 20.9 Å². The number of carboxylic acids is 1. The van der Waals surface area contributed by atoms with Gasteiger partial charge in [0.05, 0.1) is 3.79 Å². The number of aliphatic carboxylic acids is 1. The first-order valence-corrected chi connectivity index (χ1v) is 7.46. The SMILES string of the molecule is O=C([O-])CCCNS(=O)(=O)c1ccc(Br)s1. The maximum atomic E-state index is 11.6. The van der Waals surface area contributed by atoms with E-state index in [4.69, 9.17) is 0 Å². The standard InChI is InChI=1S/C8H10BrNO4S2/c9-6-3-4-8(15-6)16(13,14)10-5-1-2-7(11)12/h3-4,10H,1-2,5H2,(H,11,12)/p-1. The number of thiophene rings is 1. The number of hydrogen-bond donors (Lipinski definition) is 1. The average molecular weight is 327 g/mol. The van der Waals surface area contributed by atoms with Crippen molar-refractivity contribution in [2.75, 3.05) is 6.54 Å². The summed E-state index contributed by atoms with van der Waals surface area (Å²) in [6.07, 6.45) is 0.0603. The molecule has 0 aliphatic heterocycles. The Morgan fingerprint density at radius 3 is 2.69 bits per heavy atom. The van der Waals surface area contributed by atoms with Crippen molar-refractivity contribution in [2.24, 2.45) is 0 Å². The van der Waals surface area contributed by atoms with Gasteiger partial charge in [-0.3, -0.25) is 0 Å². The van der Waals surface area contributed by atoms with E-state index in [1.807, 2.05) is 0 Å². The minimum absolute atomic E-state index is 0.0891. The molecule has 0 atom stereocenters. The summed E-state index contributed by atoms with van der Waals surface area (Å²) in [7, 11) is -3.51. The van der Waals surface area contributed by atoms with Crippen LogP contribution in [0.25, 0.3) is 0 Å². The van der Waals surface area contributed by atoms with Crippen LogP contribution in [0.15, 0.2) is 20.1 Å². The number of hydrogen-bond acceptors (Lipinski definition) is 5. The van der Waals surface area contributed by atoms with Gasteiger partial charge in [0.2, 0.25) is 10.0 Å². The van der Waals surface area contributed by atoms with Gasteiger partial charge < -0.3 is 9.90 Å². The number of nitrogens with one attached hydrogen (secondary N) is 1. The maximum Gasteiger partial charge on any atom is 0.250 e. The van der Waals surface area contributed by atoms with Crippen LogP contribution >= 0.6 is 27.3 Å². The Bertz CT molecular complexity index is 468. The molecule has 0 aromatic carbocycles. The van der Waals surface area contributed by atoms with E-state index in [-0.39, 0.29) is 23.6 Å². The van der Waals surface area contributed by atoms with Gasteiger partial charge in [-0.15, -0.1) is 11.3 Å². The molecule has 1 aromatic heterocycles. The second-order valence-corrected chi connectivity index (χ2v) is 7.39. The first kappa shape index (κ1) is 13.6. The quantitative estimate of drug-likeness (QED) is 0.763. The summed E-state index contributed by atoms with van der Waals surface area (Å²) in [5.41, 5.74) is 0. The van der Waals surface area contributed by atoms with Crippen molar-refractivity contribution < 1.29 is 18.3 Å². The minimum atomic E-state index is -3.51. The predicted molar refractivity (Wildman–Crippen MR) is 61.4 cm³/mol. The molecule has 0 aliphatic carbocycles. The van der Waals surface area contributed by atoms with Crippen LogP contribution in [0.3, 0.4) is 0 Å². The Labute approximate surface area is 106 Å². The van der Waals surface area contributed by atoms with E-state index < -0.39 is 16.0 Å². The highest BCUT2D eigenvalue weighted by atomic mass is 79.9. The fourth-order valence-electron chi connectivity index (χ4n) is 0.953. The highest BCUT2D eigenvalue weighted by Gasteiger charge is 2.15. The van der Waals surface area contributed by atoms with Crippen molar-refractivity contribution in [3.8, 4) is 0 Å². The van der Waals surface area contributed by atoms with Crippen LogP contribution in [0.5, 0.6) is 0 Å². The fraction of sp³-hybridized carbons (Fsp3) is 0.375. The highest BCUT2D eigenvalue weighted by Crippen LogP contribution is 2.25. The molecular formula is C8H9BrNO4S2-. The van der Waals surface area contributed by atoms with Gasteiger partial charge in [-0.2, -0.15) is 0 Å². The summed E-state index contributed by atoms with van der Waals surface area (Å²) in [6, 6.07) is 3.12. The molecule has 5 nitrogen and oxygen atoms in total. The zero-order chi connectivity index (χ0) is 12.2. The van der Waals surface area contributed by atoms with Crippen LogP contribution in [-0.2, 0) is 14.8 Å². The van der Waals surface area contributed by atoms with Crippen LogP contribution in [0.4, 0.5) is 0 Å². The summed E-state index contributed by atoms with van der Waals surface area (Å²) < 4.78 is 26.5. The molecule has 0 saturated carbocycles. The summed E-state index contributed by atoms with van der Waals surface area (Å²) in [5, 5.41) is 10.1. The highest BCUT2D eigenvalue weighted by molar-refractivity contribution is 9.11. The molecule has 1 heterocycles. The molecule has 0 unspecified atom stereocenters.